The van der Waals surface area contributed by atoms with Crippen LogP contribution in [0.1, 0.15) is 19.5 Å². The molecule has 4 nitrogen and oxygen atoms in total. The average molecular weight is 261 g/mol. The first-order chi connectivity index (χ1) is 7.66. The number of halogens is 1. The summed E-state index contributed by atoms with van der Waals surface area (Å²) in [5, 5.41) is 4.05. The highest BCUT2D eigenvalue weighted by Crippen LogP contribution is 2.19. The molecule has 16 heavy (non-hydrogen) atoms. The molecule has 0 aromatic carbocycles. The first kappa shape index (κ1) is 12.2. The Morgan fingerprint density at radius 1 is 1.31 bits per heavy atom. The number of hydrogen-bond acceptors (Lipinski definition) is 5. The summed E-state index contributed by atoms with van der Waals surface area (Å²) in [4.78, 5) is 4.89. The predicted molar refractivity (Wildman–Crippen MR) is 66.9 cm³/mol. The molecule has 1 fully saturated rings. The summed E-state index contributed by atoms with van der Waals surface area (Å²) in [5.74, 6) is 0. The second kappa shape index (κ2) is 5.40. The molecule has 1 aliphatic heterocycles. The van der Waals surface area contributed by atoms with Crippen LogP contribution in [-0.2, 0) is 6.54 Å². The summed E-state index contributed by atoms with van der Waals surface area (Å²) in [7, 11) is 0. The van der Waals surface area contributed by atoms with Crippen molar-refractivity contribution in [3.63, 3.8) is 0 Å². The fourth-order valence-electron chi connectivity index (χ4n) is 1.94. The molecule has 2 rings (SSSR count). The highest BCUT2D eigenvalue weighted by molar-refractivity contribution is 7.10. The molecule has 1 aromatic rings. The molecule has 1 aliphatic rings. The molecule has 0 N–H and O–H groups in total. The van der Waals surface area contributed by atoms with Gasteiger partial charge in [-0.15, -0.1) is 5.10 Å². The molecular formula is C10H17ClN4S. The van der Waals surface area contributed by atoms with Gasteiger partial charge in [-0.2, -0.15) is 0 Å². The van der Waals surface area contributed by atoms with Crippen molar-refractivity contribution in [3.05, 3.63) is 10.0 Å². The Hall–Kier alpha value is -0.230. The van der Waals surface area contributed by atoms with E-state index in [1.807, 2.05) is 0 Å². The molecule has 0 radical (unpaired) electrons. The summed E-state index contributed by atoms with van der Waals surface area (Å²) in [6.45, 7) is 9.77. The molecule has 6 heteroatoms. The minimum atomic E-state index is 0.645. The maximum atomic E-state index is 5.99. The fourth-order valence-corrected chi connectivity index (χ4v) is 2.55. The van der Waals surface area contributed by atoms with Crippen LogP contribution in [0.25, 0.3) is 0 Å². The van der Waals surface area contributed by atoms with Gasteiger partial charge in [0, 0.05) is 50.3 Å². The van der Waals surface area contributed by atoms with E-state index >= 15 is 0 Å². The van der Waals surface area contributed by atoms with Gasteiger partial charge in [0.1, 0.15) is 10.0 Å². The lowest BCUT2D eigenvalue weighted by Gasteiger charge is -2.36. The van der Waals surface area contributed by atoms with Crippen molar-refractivity contribution < 1.29 is 0 Å². The first-order valence-electron chi connectivity index (χ1n) is 5.60. The topological polar surface area (TPSA) is 32.3 Å². The van der Waals surface area contributed by atoms with Gasteiger partial charge in [0.15, 0.2) is 0 Å². The maximum Gasteiger partial charge on any atom is 0.138 e. The van der Waals surface area contributed by atoms with E-state index in [0.29, 0.717) is 6.04 Å². The second-order valence-electron chi connectivity index (χ2n) is 4.40. The Balaban J connectivity index is 1.84. The Labute approximate surface area is 105 Å². The van der Waals surface area contributed by atoms with E-state index in [4.69, 9.17) is 11.6 Å². The molecular weight excluding hydrogens is 244 g/mol. The smallest absolute Gasteiger partial charge is 0.138 e. The van der Waals surface area contributed by atoms with Gasteiger partial charge in [-0.3, -0.25) is 9.80 Å². The van der Waals surface area contributed by atoms with Crippen LogP contribution in [0.5, 0.6) is 0 Å². The summed E-state index contributed by atoms with van der Waals surface area (Å²) in [6, 6.07) is 0.645. The molecule has 0 saturated carbocycles. The third-order valence-corrected chi connectivity index (χ3v) is 4.00. The minimum Gasteiger partial charge on any atom is -0.298 e. The summed E-state index contributed by atoms with van der Waals surface area (Å²) in [6.07, 6.45) is 0. The van der Waals surface area contributed by atoms with Gasteiger partial charge in [-0.1, -0.05) is 16.1 Å². The van der Waals surface area contributed by atoms with Crippen molar-refractivity contribution >= 4 is 23.1 Å². The van der Waals surface area contributed by atoms with E-state index in [2.05, 4.69) is 33.2 Å². The number of rotatable bonds is 3. The Kier molecular flexibility index (Phi) is 4.13. The lowest BCUT2D eigenvalue weighted by Crippen LogP contribution is -2.48. The Morgan fingerprint density at radius 3 is 2.50 bits per heavy atom. The van der Waals surface area contributed by atoms with Crippen LogP contribution in [0, 0.1) is 0 Å². The van der Waals surface area contributed by atoms with E-state index < -0.39 is 0 Å². The molecule has 90 valence electrons. The van der Waals surface area contributed by atoms with E-state index in [9.17, 15) is 0 Å². The van der Waals surface area contributed by atoms with Gasteiger partial charge in [0.25, 0.3) is 0 Å². The standard InChI is InChI=1S/C10H17ClN4S/c1-8(2)15-5-3-14(4-6-15)7-9-10(11)16-13-12-9/h8H,3-7H2,1-2H3. The van der Waals surface area contributed by atoms with Gasteiger partial charge >= 0.3 is 0 Å². The molecule has 0 unspecified atom stereocenters. The molecule has 0 bridgehead atoms. The molecule has 0 amide bonds. The first-order valence-corrected chi connectivity index (χ1v) is 6.75. The van der Waals surface area contributed by atoms with Gasteiger partial charge < -0.3 is 0 Å². The maximum absolute atomic E-state index is 5.99. The molecule has 1 aromatic heterocycles. The van der Waals surface area contributed by atoms with Crippen LogP contribution in [-0.4, -0.2) is 51.6 Å². The third-order valence-electron chi connectivity index (χ3n) is 3.02. The average Bonchev–Trinajstić information content (AvgIpc) is 2.65. The zero-order chi connectivity index (χ0) is 11.5. The van der Waals surface area contributed by atoms with Crippen molar-refractivity contribution in [2.45, 2.75) is 26.4 Å². The Morgan fingerprint density at radius 2 is 2.00 bits per heavy atom. The summed E-state index contributed by atoms with van der Waals surface area (Å²) >= 11 is 7.26. The quantitative estimate of drug-likeness (QED) is 0.829. The van der Waals surface area contributed by atoms with Crippen LogP contribution in [0.2, 0.25) is 4.34 Å². The van der Waals surface area contributed by atoms with Crippen molar-refractivity contribution in [2.24, 2.45) is 0 Å². The number of piperazine rings is 1. The van der Waals surface area contributed by atoms with Crippen LogP contribution in [0.15, 0.2) is 0 Å². The Bertz CT molecular complexity index is 333. The number of hydrogen-bond donors (Lipinski definition) is 0. The molecule has 0 spiro atoms. The lowest BCUT2D eigenvalue weighted by molar-refractivity contribution is 0.103. The van der Waals surface area contributed by atoms with Crippen LogP contribution < -0.4 is 0 Å². The van der Waals surface area contributed by atoms with E-state index in [0.717, 1.165) is 42.8 Å². The van der Waals surface area contributed by atoms with Gasteiger partial charge in [-0.05, 0) is 13.8 Å². The van der Waals surface area contributed by atoms with Gasteiger partial charge in [-0.25, -0.2) is 0 Å². The molecule has 0 aliphatic carbocycles. The lowest BCUT2D eigenvalue weighted by atomic mass is 10.2. The van der Waals surface area contributed by atoms with Crippen LogP contribution in [0.3, 0.4) is 0 Å². The monoisotopic (exact) mass is 260 g/mol. The summed E-state index contributed by atoms with van der Waals surface area (Å²) < 4.78 is 4.58. The minimum absolute atomic E-state index is 0.645. The number of aromatic nitrogens is 2. The largest absolute Gasteiger partial charge is 0.298 e. The highest BCUT2D eigenvalue weighted by atomic mass is 35.5. The molecule has 0 atom stereocenters. The summed E-state index contributed by atoms with van der Waals surface area (Å²) in [5.41, 5.74) is 0.921. The van der Waals surface area contributed by atoms with E-state index in [1.54, 1.807) is 0 Å². The van der Waals surface area contributed by atoms with Gasteiger partial charge in [0.2, 0.25) is 0 Å². The SMILES string of the molecule is CC(C)N1CCN(Cc2nnsc2Cl)CC1. The molecule has 1 saturated heterocycles. The predicted octanol–water partition coefficient (Wildman–Crippen LogP) is 1.72. The zero-order valence-electron chi connectivity index (χ0n) is 9.69. The second-order valence-corrected chi connectivity index (χ2v) is 5.76. The van der Waals surface area contributed by atoms with E-state index in [1.165, 1.54) is 11.5 Å². The van der Waals surface area contributed by atoms with Crippen molar-refractivity contribution in [1.29, 1.82) is 0 Å². The van der Waals surface area contributed by atoms with Crippen LogP contribution in [0.4, 0.5) is 0 Å². The normalized spacial score (nSPS) is 19.5. The number of nitrogens with zero attached hydrogens (tertiary/aromatic N) is 4. The van der Waals surface area contributed by atoms with Crippen LogP contribution >= 0.6 is 23.1 Å². The highest BCUT2D eigenvalue weighted by Gasteiger charge is 2.20. The zero-order valence-corrected chi connectivity index (χ0v) is 11.3. The fraction of sp³-hybridized carbons (Fsp3) is 0.800. The van der Waals surface area contributed by atoms with Gasteiger partial charge in [0.05, 0.1) is 0 Å². The third kappa shape index (κ3) is 2.91. The van der Waals surface area contributed by atoms with Crippen molar-refractivity contribution in [1.82, 2.24) is 19.4 Å². The van der Waals surface area contributed by atoms with E-state index in [-0.39, 0.29) is 0 Å². The van der Waals surface area contributed by atoms with Crippen molar-refractivity contribution in [2.75, 3.05) is 26.2 Å². The molecule has 2 heterocycles. The van der Waals surface area contributed by atoms with Crippen molar-refractivity contribution in [3.8, 4) is 0 Å².